The van der Waals surface area contributed by atoms with Gasteiger partial charge in [0.2, 0.25) is 0 Å². The molecule has 1 rings (SSSR count). The third-order valence-electron chi connectivity index (χ3n) is 2.11. The maximum Gasteiger partial charge on any atom is 0.0481 e. The summed E-state index contributed by atoms with van der Waals surface area (Å²) in [5.74, 6) is 1.12. The lowest BCUT2D eigenvalue weighted by atomic mass is 10.2. The van der Waals surface area contributed by atoms with Gasteiger partial charge < -0.3 is 11.1 Å². The Hall–Kier alpha value is -0.670. The number of benzene rings is 1. The van der Waals surface area contributed by atoms with E-state index in [4.69, 9.17) is 5.73 Å². The van der Waals surface area contributed by atoms with Crippen molar-refractivity contribution in [1.29, 1.82) is 0 Å². The zero-order valence-electron chi connectivity index (χ0n) is 8.84. The summed E-state index contributed by atoms with van der Waals surface area (Å²) in [5, 5.41) is 3.14. The number of anilines is 1. The van der Waals surface area contributed by atoms with Crippen LogP contribution in [0.2, 0.25) is 0 Å². The van der Waals surface area contributed by atoms with Gasteiger partial charge in [0.15, 0.2) is 0 Å². The number of para-hydroxylation sites is 1. The Kier molecular flexibility index (Phi) is 4.84. The average molecular weight is 210 g/mol. The minimum Gasteiger partial charge on any atom is -0.398 e. The Morgan fingerprint density at radius 2 is 2.21 bits per heavy atom. The molecule has 14 heavy (non-hydrogen) atoms. The first-order valence-electron chi connectivity index (χ1n) is 4.88. The number of nitrogens with one attached hydrogen (secondary N) is 1. The molecule has 0 heterocycles. The molecular weight excluding hydrogens is 192 g/mol. The van der Waals surface area contributed by atoms with E-state index >= 15 is 0 Å². The van der Waals surface area contributed by atoms with Gasteiger partial charge in [-0.15, -0.1) is 11.8 Å². The molecule has 0 bridgehead atoms. The Morgan fingerprint density at radius 1 is 1.43 bits per heavy atom. The van der Waals surface area contributed by atoms with Gasteiger partial charge in [-0.2, -0.15) is 0 Å². The lowest BCUT2D eigenvalue weighted by Crippen LogP contribution is -2.08. The van der Waals surface area contributed by atoms with Gasteiger partial charge in [0.1, 0.15) is 0 Å². The lowest BCUT2D eigenvalue weighted by molar-refractivity contribution is 0.778. The van der Waals surface area contributed by atoms with Crippen LogP contribution in [0.1, 0.15) is 12.0 Å². The fourth-order valence-corrected chi connectivity index (χ4v) is 2.21. The van der Waals surface area contributed by atoms with Crippen molar-refractivity contribution in [3.8, 4) is 0 Å². The molecule has 2 nitrogen and oxygen atoms in total. The van der Waals surface area contributed by atoms with Crippen LogP contribution in [0.25, 0.3) is 0 Å². The summed E-state index contributed by atoms with van der Waals surface area (Å²) in [7, 11) is 1.98. The molecule has 78 valence electrons. The molecule has 1 aromatic rings. The van der Waals surface area contributed by atoms with Crippen LogP contribution in [-0.2, 0) is 0 Å². The summed E-state index contributed by atoms with van der Waals surface area (Å²) in [6, 6.07) is 6.20. The highest BCUT2D eigenvalue weighted by Gasteiger charge is 2.01. The first-order chi connectivity index (χ1) is 6.75. The molecule has 0 aliphatic rings. The van der Waals surface area contributed by atoms with Gasteiger partial charge >= 0.3 is 0 Å². The van der Waals surface area contributed by atoms with Crippen LogP contribution in [0, 0.1) is 6.92 Å². The summed E-state index contributed by atoms with van der Waals surface area (Å²) in [5.41, 5.74) is 8.06. The van der Waals surface area contributed by atoms with E-state index in [1.54, 1.807) is 0 Å². The Labute approximate surface area is 90.3 Å². The molecule has 0 aromatic heterocycles. The van der Waals surface area contributed by atoms with E-state index < -0.39 is 0 Å². The number of nitrogen functional groups attached to an aromatic ring is 1. The van der Waals surface area contributed by atoms with Crippen molar-refractivity contribution in [2.24, 2.45) is 0 Å². The monoisotopic (exact) mass is 210 g/mol. The Morgan fingerprint density at radius 3 is 2.93 bits per heavy atom. The third kappa shape index (κ3) is 3.24. The second kappa shape index (κ2) is 5.94. The summed E-state index contributed by atoms with van der Waals surface area (Å²) >= 11 is 1.84. The average Bonchev–Trinajstić information content (AvgIpc) is 2.19. The molecule has 0 atom stereocenters. The molecule has 0 radical (unpaired) electrons. The van der Waals surface area contributed by atoms with Crippen LogP contribution in [0.5, 0.6) is 0 Å². The number of hydrogen-bond donors (Lipinski definition) is 2. The van der Waals surface area contributed by atoms with Crippen molar-refractivity contribution in [3.05, 3.63) is 23.8 Å². The fraction of sp³-hybridized carbons (Fsp3) is 0.455. The van der Waals surface area contributed by atoms with Crippen molar-refractivity contribution >= 4 is 17.4 Å². The molecule has 0 fully saturated rings. The fourth-order valence-electron chi connectivity index (χ4n) is 1.21. The van der Waals surface area contributed by atoms with E-state index in [9.17, 15) is 0 Å². The Balaban J connectivity index is 2.46. The largest absolute Gasteiger partial charge is 0.398 e. The topological polar surface area (TPSA) is 38.0 Å². The van der Waals surface area contributed by atoms with Gasteiger partial charge in [0.25, 0.3) is 0 Å². The van der Waals surface area contributed by atoms with E-state index in [1.807, 2.05) is 31.8 Å². The molecule has 0 saturated carbocycles. The molecule has 0 spiro atoms. The summed E-state index contributed by atoms with van der Waals surface area (Å²) < 4.78 is 0. The summed E-state index contributed by atoms with van der Waals surface area (Å²) in [4.78, 5) is 1.21. The molecule has 0 unspecified atom stereocenters. The van der Waals surface area contributed by atoms with Crippen molar-refractivity contribution in [1.82, 2.24) is 5.32 Å². The predicted molar refractivity (Wildman–Crippen MR) is 64.9 cm³/mol. The highest BCUT2D eigenvalue weighted by atomic mass is 32.2. The highest BCUT2D eigenvalue weighted by molar-refractivity contribution is 7.99. The first-order valence-corrected chi connectivity index (χ1v) is 5.86. The smallest absolute Gasteiger partial charge is 0.0481 e. The number of nitrogens with two attached hydrogens (primary N) is 1. The van der Waals surface area contributed by atoms with E-state index in [1.165, 1.54) is 16.9 Å². The van der Waals surface area contributed by atoms with Crippen molar-refractivity contribution < 1.29 is 0 Å². The maximum atomic E-state index is 5.96. The molecule has 0 amide bonds. The van der Waals surface area contributed by atoms with E-state index in [-0.39, 0.29) is 0 Å². The minimum absolute atomic E-state index is 0.932. The first kappa shape index (κ1) is 11.4. The zero-order valence-corrected chi connectivity index (χ0v) is 9.66. The second-order valence-corrected chi connectivity index (χ2v) is 4.43. The van der Waals surface area contributed by atoms with E-state index in [0.717, 1.165) is 18.0 Å². The van der Waals surface area contributed by atoms with Gasteiger partial charge in [-0.3, -0.25) is 0 Å². The van der Waals surface area contributed by atoms with Crippen LogP contribution >= 0.6 is 11.8 Å². The van der Waals surface area contributed by atoms with Crippen molar-refractivity contribution in [2.75, 3.05) is 25.1 Å². The lowest BCUT2D eigenvalue weighted by Gasteiger charge is -2.07. The summed E-state index contributed by atoms with van der Waals surface area (Å²) in [6.07, 6.45) is 1.18. The maximum absolute atomic E-state index is 5.96. The molecule has 0 aliphatic carbocycles. The molecule has 0 aliphatic heterocycles. The van der Waals surface area contributed by atoms with Crippen LogP contribution in [0.3, 0.4) is 0 Å². The van der Waals surface area contributed by atoms with Gasteiger partial charge in [0.05, 0.1) is 0 Å². The van der Waals surface area contributed by atoms with Crippen molar-refractivity contribution in [3.63, 3.8) is 0 Å². The van der Waals surface area contributed by atoms with Gasteiger partial charge in [0, 0.05) is 10.6 Å². The SMILES string of the molecule is CNCCCSc1cccc(C)c1N. The van der Waals surface area contributed by atoms with Crippen molar-refractivity contribution in [2.45, 2.75) is 18.2 Å². The van der Waals surface area contributed by atoms with E-state index in [0.29, 0.717) is 0 Å². The number of aryl methyl sites for hydroxylation is 1. The molecule has 3 N–H and O–H groups in total. The Bertz CT molecular complexity index is 287. The number of thioether (sulfide) groups is 1. The molecule has 3 heteroatoms. The molecular formula is C11H18N2S. The zero-order chi connectivity index (χ0) is 10.4. The third-order valence-corrected chi connectivity index (χ3v) is 3.27. The predicted octanol–water partition coefficient (Wildman–Crippen LogP) is 2.28. The quantitative estimate of drug-likeness (QED) is 0.445. The number of rotatable bonds is 5. The van der Waals surface area contributed by atoms with E-state index in [2.05, 4.69) is 17.4 Å². The van der Waals surface area contributed by atoms with Crippen LogP contribution < -0.4 is 11.1 Å². The van der Waals surface area contributed by atoms with Gasteiger partial charge in [-0.05, 0) is 44.3 Å². The molecule has 1 aromatic carbocycles. The number of hydrogen-bond acceptors (Lipinski definition) is 3. The van der Waals surface area contributed by atoms with Crippen LogP contribution in [0.4, 0.5) is 5.69 Å². The molecule has 0 saturated heterocycles. The normalized spacial score (nSPS) is 10.4. The van der Waals surface area contributed by atoms with Crippen LogP contribution in [0.15, 0.2) is 23.1 Å². The highest BCUT2D eigenvalue weighted by Crippen LogP contribution is 2.27. The second-order valence-electron chi connectivity index (χ2n) is 3.29. The van der Waals surface area contributed by atoms with Crippen LogP contribution in [-0.4, -0.2) is 19.3 Å². The van der Waals surface area contributed by atoms with Gasteiger partial charge in [-0.1, -0.05) is 12.1 Å². The minimum atomic E-state index is 0.932. The van der Waals surface area contributed by atoms with Gasteiger partial charge in [-0.25, -0.2) is 0 Å². The standard InChI is InChI=1S/C11H18N2S/c1-9-5-3-6-10(11(9)12)14-8-4-7-13-2/h3,5-6,13H,4,7-8,12H2,1-2H3. The summed E-state index contributed by atoms with van der Waals surface area (Å²) in [6.45, 7) is 3.12.